The lowest BCUT2D eigenvalue weighted by Gasteiger charge is -2.33. The molecule has 0 spiro atoms. The van der Waals surface area contributed by atoms with E-state index in [1.807, 2.05) is 6.92 Å². The van der Waals surface area contributed by atoms with Gasteiger partial charge in [0.15, 0.2) is 0 Å². The monoisotopic (exact) mass is 278 g/mol. The van der Waals surface area contributed by atoms with Crippen molar-refractivity contribution in [3.8, 4) is 0 Å². The second kappa shape index (κ2) is 6.00. The number of ether oxygens (including phenoxy) is 1. The third-order valence-corrected chi connectivity index (χ3v) is 3.63. The Morgan fingerprint density at radius 1 is 1.40 bits per heavy atom. The van der Waals surface area contributed by atoms with Crippen molar-refractivity contribution in [2.45, 2.75) is 19.8 Å². The normalized spacial score (nSPS) is 17.4. The molecule has 6 heteroatoms. The number of aromatic nitrogens is 1. The lowest BCUT2D eigenvalue weighted by molar-refractivity contribution is -0.154. The highest BCUT2D eigenvalue weighted by molar-refractivity contribution is 5.94. The lowest BCUT2D eigenvalue weighted by Crippen LogP contribution is -2.46. The standard InChI is InChI=1S/C14H18N2O4/c1-10-6-11(8-15-7-10)12(17)16-9-14(13(18)19)2-4-20-5-3-14/h6-8H,2-5,9H2,1H3,(H,16,17)(H,18,19). The van der Waals surface area contributed by atoms with Crippen LogP contribution in [-0.2, 0) is 9.53 Å². The first kappa shape index (κ1) is 14.5. The molecule has 20 heavy (non-hydrogen) atoms. The Hall–Kier alpha value is -1.95. The third kappa shape index (κ3) is 3.14. The molecule has 6 nitrogen and oxygen atoms in total. The largest absolute Gasteiger partial charge is 0.481 e. The van der Waals surface area contributed by atoms with E-state index in [0.717, 1.165) is 5.56 Å². The highest BCUT2D eigenvalue weighted by Crippen LogP contribution is 2.30. The van der Waals surface area contributed by atoms with Crippen molar-refractivity contribution in [1.29, 1.82) is 0 Å². The average Bonchev–Trinajstić information content (AvgIpc) is 2.45. The van der Waals surface area contributed by atoms with Crippen molar-refractivity contribution in [2.75, 3.05) is 19.8 Å². The van der Waals surface area contributed by atoms with E-state index in [4.69, 9.17) is 4.74 Å². The Morgan fingerprint density at radius 2 is 2.10 bits per heavy atom. The molecule has 0 saturated carbocycles. The first-order valence-corrected chi connectivity index (χ1v) is 6.54. The number of carbonyl (C=O) groups is 2. The minimum atomic E-state index is -0.925. The van der Waals surface area contributed by atoms with Gasteiger partial charge in [0.1, 0.15) is 0 Å². The second-order valence-electron chi connectivity index (χ2n) is 5.13. The molecule has 108 valence electrons. The van der Waals surface area contributed by atoms with Crippen LogP contribution in [0.25, 0.3) is 0 Å². The van der Waals surface area contributed by atoms with Gasteiger partial charge in [-0.1, -0.05) is 0 Å². The van der Waals surface area contributed by atoms with Crippen LogP contribution in [0, 0.1) is 12.3 Å². The summed E-state index contributed by atoms with van der Waals surface area (Å²) in [5.74, 6) is -1.18. The van der Waals surface area contributed by atoms with Gasteiger partial charge in [-0.2, -0.15) is 0 Å². The van der Waals surface area contributed by atoms with Gasteiger partial charge in [-0.15, -0.1) is 0 Å². The molecular formula is C14H18N2O4. The van der Waals surface area contributed by atoms with Gasteiger partial charge in [0, 0.05) is 32.2 Å². The molecule has 0 atom stereocenters. The van der Waals surface area contributed by atoms with Gasteiger partial charge in [-0.05, 0) is 31.4 Å². The summed E-state index contributed by atoms with van der Waals surface area (Å²) < 4.78 is 5.20. The number of carbonyl (C=O) groups excluding carboxylic acids is 1. The zero-order chi connectivity index (χ0) is 14.6. The van der Waals surface area contributed by atoms with Crippen LogP contribution in [0.1, 0.15) is 28.8 Å². The third-order valence-electron chi connectivity index (χ3n) is 3.63. The van der Waals surface area contributed by atoms with E-state index in [1.54, 1.807) is 12.3 Å². The van der Waals surface area contributed by atoms with Crippen LogP contribution in [0.15, 0.2) is 18.5 Å². The van der Waals surface area contributed by atoms with Crippen molar-refractivity contribution in [3.05, 3.63) is 29.6 Å². The van der Waals surface area contributed by atoms with Crippen LogP contribution in [0.5, 0.6) is 0 Å². The molecule has 1 aliphatic heterocycles. The molecule has 2 heterocycles. The summed E-state index contributed by atoms with van der Waals surface area (Å²) in [5, 5.41) is 12.1. The van der Waals surface area contributed by atoms with Gasteiger partial charge < -0.3 is 15.2 Å². The van der Waals surface area contributed by atoms with Crippen molar-refractivity contribution in [3.63, 3.8) is 0 Å². The fourth-order valence-corrected chi connectivity index (χ4v) is 2.26. The lowest BCUT2D eigenvalue weighted by atomic mass is 9.80. The molecule has 2 rings (SSSR count). The van der Waals surface area contributed by atoms with E-state index >= 15 is 0 Å². The predicted molar refractivity (Wildman–Crippen MR) is 71.4 cm³/mol. The minimum Gasteiger partial charge on any atom is -0.481 e. The van der Waals surface area contributed by atoms with Gasteiger partial charge in [0.25, 0.3) is 5.91 Å². The summed E-state index contributed by atoms with van der Waals surface area (Å²) >= 11 is 0. The van der Waals surface area contributed by atoms with Gasteiger partial charge in [-0.25, -0.2) is 0 Å². The zero-order valence-electron chi connectivity index (χ0n) is 11.4. The SMILES string of the molecule is Cc1cncc(C(=O)NCC2(C(=O)O)CCOCC2)c1. The Morgan fingerprint density at radius 3 is 2.70 bits per heavy atom. The number of pyridine rings is 1. The first-order chi connectivity index (χ1) is 9.53. The Bertz CT molecular complexity index is 510. The molecule has 1 saturated heterocycles. The second-order valence-corrected chi connectivity index (χ2v) is 5.13. The fourth-order valence-electron chi connectivity index (χ4n) is 2.26. The van der Waals surface area contributed by atoms with E-state index in [-0.39, 0.29) is 12.5 Å². The van der Waals surface area contributed by atoms with E-state index in [9.17, 15) is 14.7 Å². The maximum absolute atomic E-state index is 12.0. The van der Waals surface area contributed by atoms with Crippen molar-refractivity contribution in [2.24, 2.45) is 5.41 Å². The maximum Gasteiger partial charge on any atom is 0.311 e. The fraction of sp³-hybridized carbons (Fsp3) is 0.500. The van der Waals surface area contributed by atoms with Crippen molar-refractivity contribution in [1.82, 2.24) is 10.3 Å². The number of amides is 1. The number of aryl methyl sites for hydroxylation is 1. The Kier molecular flexibility index (Phi) is 4.34. The number of nitrogens with one attached hydrogen (secondary N) is 1. The molecule has 0 aromatic carbocycles. The van der Waals surface area contributed by atoms with Gasteiger partial charge >= 0.3 is 5.97 Å². The summed E-state index contributed by atoms with van der Waals surface area (Å²) in [6, 6.07) is 1.72. The van der Waals surface area contributed by atoms with Crippen LogP contribution in [0.3, 0.4) is 0 Å². The number of nitrogens with zero attached hydrogens (tertiary/aromatic N) is 1. The molecule has 0 unspecified atom stereocenters. The van der Waals surface area contributed by atoms with Crippen molar-refractivity contribution >= 4 is 11.9 Å². The van der Waals surface area contributed by atoms with Gasteiger partial charge in [-0.3, -0.25) is 14.6 Å². The molecule has 0 aliphatic carbocycles. The highest BCUT2D eigenvalue weighted by atomic mass is 16.5. The van der Waals surface area contributed by atoms with E-state index in [2.05, 4.69) is 10.3 Å². The average molecular weight is 278 g/mol. The van der Waals surface area contributed by atoms with Crippen LogP contribution >= 0.6 is 0 Å². The molecule has 2 N–H and O–H groups in total. The minimum absolute atomic E-state index is 0.110. The molecule has 1 amide bonds. The first-order valence-electron chi connectivity index (χ1n) is 6.54. The van der Waals surface area contributed by atoms with E-state index < -0.39 is 11.4 Å². The summed E-state index contributed by atoms with van der Waals surface area (Å²) in [7, 11) is 0. The van der Waals surface area contributed by atoms with Crippen molar-refractivity contribution < 1.29 is 19.4 Å². The molecule has 0 bridgehead atoms. The van der Waals surface area contributed by atoms with E-state index in [0.29, 0.717) is 31.6 Å². The van der Waals surface area contributed by atoms with Gasteiger partial charge in [0.2, 0.25) is 0 Å². The molecule has 1 aliphatic rings. The summed E-state index contributed by atoms with van der Waals surface area (Å²) in [6.45, 7) is 2.78. The number of carboxylic acid groups (broad SMARTS) is 1. The topological polar surface area (TPSA) is 88.5 Å². The molecule has 1 aromatic heterocycles. The number of carboxylic acids is 1. The van der Waals surface area contributed by atoms with E-state index in [1.165, 1.54) is 6.20 Å². The number of hydrogen-bond acceptors (Lipinski definition) is 4. The number of hydrogen-bond donors (Lipinski definition) is 2. The Labute approximate surface area is 117 Å². The van der Waals surface area contributed by atoms with Crippen LogP contribution in [-0.4, -0.2) is 41.7 Å². The summed E-state index contributed by atoms with van der Waals surface area (Å²) in [6.07, 6.45) is 3.96. The van der Waals surface area contributed by atoms with Crippen LogP contribution < -0.4 is 5.32 Å². The quantitative estimate of drug-likeness (QED) is 0.857. The van der Waals surface area contributed by atoms with Gasteiger partial charge in [0.05, 0.1) is 11.0 Å². The highest BCUT2D eigenvalue weighted by Gasteiger charge is 2.40. The Balaban J connectivity index is 2.02. The molecular weight excluding hydrogens is 260 g/mol. The van der Waals surface area contributed by atoms with Crippen LogP contribution in [0.2, 0.25) is 0 Å². The predicted octanol–water partition coefficient (Wildman–Crippen LogP) is 1.00. The summed E-state index contributed by atoms with van der Waals surface area (Å²) in [4.78, 5) is 27.4. The zero-order valence-corrected chi connectivity index (χ0v) is 11.4. The number of rotatable bonds is 4. The molecule has 1 fully saturated rings. The van der Waals surface area contributed by atoms with Crippen LogP contribution in [0.4, 0.5) is 0 Å². The molecule has 0 radical (unpaired) electrons. The smallest absolute Gasteiger partial charge is 0.311 e. The molecule has 1 aromatic rings. The maximum atomic E-state index is 12.0. The number of aliphatic carboxylic acids is 1. The summed E-state index contributed by atoms with van der Waals surface area (Å²) in [5.41, 5.74) is 0.403.